The monoisotopic (exact) mass is 873 g/mol. The lowest BCUT2D eigenvalue weighted by Gasteiger charge is -2.52. The second kappa shape index (κ2) is 14.6. The number of hydrogen-bond donors (Lipinski definition) is 0. The largest absolute Gasteiger partial charge is 0.312 e. The molecule has 0 unspecified atom stereocenters. The van der Waals surface area contributed by atoms with Crippen LogP contribution in [0.4, 0.5) is 17.1 Å². The Morgan fingerprint density at radius 2 is 0.909 bits per heavy atom. The van der Waals surface area contributed by atoms with Gasteiger partial charge >= 0.3 is 0 Å². The summed E-state index contributed by atoms with van der Waals surface area (Å²) in [6.45, 7) is 7.14. The fourth-order valence-electron chi connectivity index (χ4n) is 12.4. The number of hydrogen-bond acceptors (Lipinski definition) is 1. The van der Waals surface area contributed by atoms with Gasteiger partial charge in [-0.1, -0.05) is 245 Å². The third-order valence-corrected chi connectivity index (χ3v) is 24.9. The molecule has 0 saturated heterocycles. The highest BCUT2D eigenvalue weighted by Crippen LogP contribution is 2.42. The van der Waals surface area contributed by atoms with Gasteiger partial charge in [-0.3, -0.25) is 0 Å². The van der Waals surface area contributed by atoms with E-state index in [4.69, 9.17) is 0 Å². The van der Waals surface area contributed by atoms with Crippen molar-refractivity contribution >= 4 is 109 Å². The zero-order chi connectivity index (χ0) is 44.2. The minimum atomic E-state index is -3.06. The van der Waals surface area contributed by atoms with Crippen LogP contribution in [0.1, 0.15) is 26.3 Å². The molecular formula is C62H48BNSi2. The third kappa shape index (κ3) is 5.40. The summed E-state index contributed by atoms with van der Waals surface area (Å²) >= 11 is 0. The van der Waals surface area contributed by atoms with Crippen LogP contribution >= 0.6 is 0 Å². The second-order valence-corrected chi connectivity index (χ2v) is 27.0. The van der Waals surface area contributed by atoms with Gasteiger partial charge in [-0.05, 0) is 103 Å². The van der Waals surface area contributed by atoms with Gasteiger partial charge in [0.05, 0.1) is 0 Å². The SMILES string of the molecule is CC(C)(C)c1ccc2c(c1)[Si](c1ccccc1)(c1ccccc1)c1cc(-c3ccc4ccccc4c3)cc3c1B2c1cccc2c1N3c1ccccc1[Si]2(c1ccccc1)c1ccccc1. The minimum Gasteiger partial charge on any atom is -0.312 e. The molecule has 0 atom stereocenters. The zero-order valence-corrected chi connectivity index (χ0v) is 39.5. The molecule has 0 spiro atoms. The summed E-state index contributed by atoms with van der Waals surface area (Å²) in [6.07, 6.45) is 0. The van der Waals surface area contributed by atoms with Gasteiger partial charge in [0.15, 0.2) is 16.1 Å². The highest BCUT2D eigenvalue weighted by atomic mass is 28.3. The maximum absolute atomic E-state index is 3.06. The van der Waals surface area contributed by atoms with Gasteiger partial charge in [0, 0.05) is 17.1 Å². The van der Waals surface area contributed by atoms with Gasteiger partial charge in [-0.25, -0.2) is 0 Å². The van der Waals surface area contributed by atoms with E-state index in [9.17, 15) is 0 Å². The maximum Gasteiger partial charge on any atom is 0.246 e. The van der Waals surface area contributed by atoms with Crippen molar-refractivity contribution in [2.24, 2.45) is 0 Å². The van der Waals surface area contributed by atoms with E-state index in [0.717, 1.165) is 0 Å². The summed E-state index contributed by atoms with van der Waals surface area (Å²) in [6, 6.07) is 91.7. The summed E-state index contributed by atoms with van der Waals surface area (Å²) in [4.78, 5) is 2.72. The van der Waals surface area contributed by atoms with Crippen LogP contribution < -0.4 is 62.8 Å². The van der Waals surface area contributed by atoms with Crippen LogP contribution in [-0.2, 0) is 5.41 Å². The molecule has 13 rings (SSSR count). The molecule has 3 aliphatic heterocycles. The molecule has 1 nitrogen and oxygen atoms in total. The van der Waals surface area contributed by atoms with E-state index < -0.39 is 16.1 Å². The fraction of sp³-hybridized carbons (Fsp3) is 0.0645. The Labute approximate surface area is 390 Å². The number of rotatable bonds is 5. The van der Waals surface area contributed by atoms with E-state index in [1.807, 2.05) is 0 Å². The smallest absolute Gasteiger partial charge is 0.246 e. The molecule has 3 heterocycles. The Bertz CT molecular complexity index is 3450. The Hall–Kier alpha value is -7.24. The predicted molar refractivity (Wildman–Crippen MR) is 288 cm³/mol. The average molecular weight is 874 g/mol. The lowest BCUT2D eigenvalue weighted by atomic mass is 9.34. The van der Waals surface area contributed by atoms with E-state index in [-0.39, 0.29) is 12.1 Å². The van der Waals surface area contributed by atoms with Crippen LogP contribution in [0, 0.1) is 0 Å². The molecule has 0 amide bonds. The molecule has 0 fully saturated rings. The lowest BCUT2D eigenvalue weighted by molar-refractivity contribution is 0.591. The van der Waals surface area contributed by atoms with Crippen LogP contribution in [0.3, 0.4) is 0 Å². The van der Waals surface area contributed by atoms with Crippen molar-refractivity contribution < 1.29 is 0 Å². The highest BCUT2D eigenvalue weighted by molar-refractivity contribution is 7.27. The summed E-state index contributed by atoms with van der Waals surface area (Å²) in [5.41, 5.74) is 12.0. The zero-order valence-electron chi connectivity index (χ0n) is 37.5. The topological polar surface area (TPSA) is 3.24 Å². The van der Waals surface area contributed by atoms with Crippen molar-refractivity contribution in [1.82, 2.24) is 0 Å². The van der Waals surface area contributed by atoms with Gasteiger partial charge < -0.3 is 4.90 Å². The Morgan fingerprint density at radius 1 is 0.364 bits per heavy atom. The molecule has 4 heteroatoms. The normalized spacial score (nSPS) is 14.8. The molecule has 0 N–H and O–H groups in total. The summed E-state index contributed by atoms with van der Waals surface area (Å²) in [5, 5.41) is 14.0. The Kier molecular flexibility index (Phi) is 8.68. The molecule has 66 heavy (non-hydrogen) atoms. The predicted octanol–water partition coefficient (Wildman–Crippen LogP) is 7.49. The molecule has 3 aliphatic rings. The Balaban J connectivity index is 1.24. The molecule has 0 bridgehead atoms. The molecular weight excluding hydrogens is 826 g/mol. The third-order valence-electron chi connectivity index (χ3n) is 15.2. The van der Waals surface area contributed by atoms with Crippen molar-refractivity contribution in [2.45, 2.75) is 26.2 Å². The van der Waals surface area contributed by atoms with Crippen molar-refractivity contribution in [3.63, 3.8) is 0 Å². The van der Waals surface area contributed by atoms with Crippen LogP contribution in [0.5, 0.6) is 0 Å². The van der Waals surface area contributed by atoms with Crippen LogP contribution in [-0.4, -0.2) is 22.9 Å². The van der Waals surface area contributed by atoms with E-state index in [2.05, 4.69) is 262 Å². The fourth-order valence-corrected chi connectivity index (χ4v) is 22.8. The first-order valence-corrected chi connectivity index (χ1v) is 27.5. The van der Waals surface area contributed by atoms with Gasteiger partial charge in [0.2, 0.25) is 6.71 Å². The summed E-state index contributed by atoms with van der Waals surface area (Å²) in [5.74, 6) is 0. The van der Waals surface area contributed by atoms with E-state index in [1.165, 1.54) is 102 Å². The van der Waals surface area contributed by atoms with Crippen molar-refractivity contribution in [2.75, 3.05) is 4.90 Å². The number of para-hydroxylation sites is 2. The molecule has 312 valence electrons. The maximum atomic E-state index is 2.72. The number of benzene rings is 10. The molecule has 0 aromatic heterocycles. The molecule has 0 aliphatic carbocycles. The van der Waals surface area contributed by atoms with Crippen molar-refractivity contribution in [3.8, 4) is 11.1 Å². The quantitative estimate of drug-likeness (QED) is 0.162. The molecule has 0 radical (unpaired) electrons. The van der Waals surface area contributed by atoms with Gasteiger partial charge in [-0.15, -0.1) is 0 Å². The van der Waals surface area contributed by atoms with Crippen LogP contribution in [0.2, 0.25) is 0 Å². The van der Waals surface area contributed by atoms with Crippen LogP contribution in [0.25, 0.3) is 21.9 Å². The van der Waals surface area contributed by atoms with E-state index in [0.29, 0.717) is 0 Å². The first-order chi connectivity index (χ1) is 32.4. The van der Waals surface area contributed by atoms with Gasteiger partial charge in [0.1, 0.15) is 0 Å². The number of anilines is 3. The average Bonchev–Trinajstić information content (AvgIpc) is 3.37. The van der Waals surface area contributed by atoms with Gasteiger partial charge in [-0.2, -0.15) is 0 Å². The number of nitrogens with zero attached hydrogens (tertiary/aromatic N) is 1. The minimum absolute atomic E-state index is 0.0208. The van der Waals surface area contributed by atoms with Crippen LogP contribution in [0.15, 0.2) is 237 Å². The summed E-state index contributed by atoms with van der Waals surface area (Å²) < 4.78 is 0. The van der Waals surface area contributed by atoms with Gasteiger partial charge in [0.25, 0.3) is 0 Å². The van der Waals surface area contributed by atoms with Crippen molar-refractivity contribution in [3.05, 3.63) is 242 Å². The standard InChI is InChI=1S/C62H48BNSi2/c1-62(2,3)47-37-38-52-58(42-47)66(50-27-12-6-13-28-50,51-29-14-7-15-30-51)59-41-46(45-36-35-43-21-16-17-22-44(43)39-45)40-55-60(59)63(52)53-31-20-34-57-61(53)64(55)54-32-18-19-33-56(54)65(57,48-23-8-4-9-24-48)49-25-10-5-11-26-49/h4-42H,1-3H3. The first kappa shape index (κ1) is 39.2. The number of fused-ring (bicyclic) bond motifs is 7. The Morgan fingerprint density at radius 3 is 1.53 bits per heavy atom. The van der Waals surface area contributed by atoms with E-state index >= 15 is 0 Å². The highest BCUT2D eigenvalue weighted by Gasteiger charge is 2.57. The van der Waals surface area contributed by atoms with E-state index in [1.54, 1.807) is 0 Å². The lowest BCUT2D eigenvalue weighted by Crippen LogP contribution is -2.88. The summed E-state index contributed by atoms with van der Waals surface area (Å²) in [7, 11) is -5.95. The van der Waals surface area contributed by atoms with Crippen molar-refractivity contribution in [1.29, 1.82) is 0 Å². The molecule has 10 aromatic carbocycles. The molecule has 10 aromatic rings. The second-order valence-electron chi connectivity index (χ2n) is 19.6. The molecule has 0 saturated carbocycles. The first-order valence-electron chi connectivity index (χ1n) is 23.5.